The minimum Gasteiger partial charge on any atom is -0.494 e. The summed E-state index contributed by atoms with van der Waals surface area (Å²) in [5.74, 6) is 1.90. The summed E-state index contributed by atoms with van der Waals surface area (Å²) in [4.78, 5) is 1.45. The van der Waals surface area contributed by atoms with Crippen molar-refractivity contribution in [2.45, 2.75) is 46.0 Å². The molecule has 0 radical (unpaired) electrons. The molecule has 1 heterocycles. The highest BCUT2D eigenvalue weighted by Gasteiger charge is 2.16. The van der Waals surface area contributed by atoms with Crippen LogP contribution in [0.4, 0.5) is 0 Å². The summed E-state index contributed by atoms with van der Waals surface area (Å²) in [6.07, 6.45) is 9.05. The third-order valence-corrected chi connectivity index (χ3v) is 5.51. The number of ether oxygens (including phenoxy) is 1. The Labute approximate surface area is 131 Å². The minimum absolute atomic E-state index is 0.730. The number of allylic oxidation sites excluding steroid dienone is 2. The van der Waals surface area contributed by atoms with Crippen LogP contribution in [0.25, 0.3) is 15.7 Å². The molecule has 1 aliphatic carbocycles. The zero-order chi connectivity index (χ0) is 14.7. The molecule has 0 fully saturated rings. The second-order valence-corrected chi connectivity index (χ2v) is 6.99. The SMILES string of the molecule is CCCC1CC=C(c2cc3ccc(OCC)cc3s2)CC1. The molecule has 3 rings (SSSR count). The number of fused-ring (bicyclic) bond motifs is 1. The number of rotatable bonds is 5. The van der Waals surface area contributed by atoms with E-state index in [9.17, 15) is 0 Å². The predicted molar refractivity (Wildman–Crippen MR) is 93.2 cm³/mol. The predicted octanol–water partition coefficient (Wildman–Crippen LogP) is 6.28. The highest BCUT2D eigenvalue weighted by Crippen LogP contribution is 2.38. The fourth-order valence-electron chi connectivity index (χ4n) is 3.21. The molecule has 1 unspecified atom stereocenters. The van der Waals surface area contributed by atoms with E-state index in [0.717, 1.165) is 18.3 Å². The normalized spacial score (nSPS) is 18.8. The molecule has 2 heteroatoms. The van der Waals surface area contributed by atoms with E-state index in [2.05, 4.69) is 37.3 Å². The monoisotopic (exact) mass is 300 g/mol. The summed E-state index contributed by atoms with van der Waals surface area (Å²) in [5, 5.41) is 1.34. The van der Waals surface area contributed by atoms with Gasteiger partial charge < -0.3 is 4.74 Å². The maximum absolute atomic E-state index is 5.60. The second-order valence-electron chi connectivity index (χ2n) is 5.90. The van der Waals surface area contributed by atoms with Gasteiger partial charge in [-0.1, -0.05) is 25.8 Å². The van der Waals surface area contributed by atoms with Crippen LogP contribution in [0.3, 0.4) is 0 Å². The molecule has 1 aromatic heterocycles. The molecule has 2 aromatic rings. The van der Waals surface area contributed by atoms with Gasteiger partial charge in [0.05, 0.1) is 6.61 Å². The maximum atomic E-state index is 5.60. The minimum atomic E-state index is 0.730. The molecule has 1 aromatic carbocycles. The first-order valence-electron chi connectivity index (χ1n) is 8.16. The van der Waals surface area contributed by atoms with E-state index in [1.54, 1.807) is 5.57 Å². The first kappa shape index (κ1) is 14.6. The molecule has 0 bridgehead atoms. The maximum Gasteiger partial charge on any atom is 0.120 e. The third kappa shape index (κ3) is 3.32. The lowest BCUT2D eigenvalue weighted by atomic mass is 9.86. The lowest BCUT2D eigenvalue weighted by Crippen LogP contribution is -2.04. The summed E-state index contributed by atoms with van der Waals surface area (Å²) < 4.78 is 6.94. The van der Waals surface area contributed by atoms with Crippen molar-refractivity contribution in [3.63, 3.8) is 0 Å². The number of benzene rings is 1. The van der Waals surface area contributed by atoms with Gasteiger partial charge in [-0.3, -0.25) is 0 Å². The Morgan fingerprint density at radius 3 is 2.86 bits per heavy atom. The van der Waals surface area contributed by atoms with Crippen LogP contribution in [-0.2, 0) is 0 Å². The fourth-order valence-corrected chi connectivity index (χ4v) is 4.37. The van der Waals surface area contributed by atoms with Crippen molar-refractivity contribution in [1.82, 2.24) is 0 Å². The Hall–Kier alpha value is -1.28. The third-order valence-electron chi connectivity index (χ3n) is 4.34. The first-order valence-corrected chi connectivity index (χ1v) is 8.97. The molecule has 0 saturated heterocycles. The smallest absolute Gasteiger partial charge is 0.120 e. The van der Waals surface area contributed by atoms with Gasteiger partial charge in [0.1, 0.15) is 5.75 Å². The van der Waals surface area contributed by atoms with Gasteiger partial charge in [0.15, 0.2) is 0 Å². The van der Waals surface area contributed by atoms with E-state index in [4.69, 9.17) is 4.74 Å². The second kappa shape index (κ2) is 6.65. The summed E-state index contributed by atoms with van der Waals surface area (Å²) in [7, 11) is 0. The first-order chi connectivity index (χ1) is 10.3. The van der Waals surface area contributed by atoms with Crippen molar-refractivity contribution < 1.29 is 4.74 Å². The Morgan fingerprint density at radius 2 is 2.14 bits per heavy atom. The van der Waals surface area contributed by atoms with Crippen LogP contribution in [0.5, 0.6) is 5.75 Å². The van der Waals surface area contributed by atoms with Crippen LogP contribution in [0.2, 0.25) is 0 Å². The van der Waals surface area contributed by atoms with Crippen LogP contribution in [0.15, 0.2) is 30.3 Å². The Bertz CT molecular complexity index is 638. The molecule has 1 nitrogen and oxygen atoms in total. The van der Waals surface area contributed by atoms with Crippen molar-refractivity contribution in [3.05, 3.63) is 35.2 Å². The zero-order valence-corrected chi connectivity index (χ0v) is 13.8. The van der Waals surface area contributed by atoms with E-state index in [1.807, 2.05) is 18.3 Å². The molecule has 0 N–H and O–H groups in total. The molecule has 0 amide bonds. The van der Waals surface area contributed by atoms with E-state index in [1.165, 1.54) is 47.1 Å². The zero-order valence-electron chi connectivity index (χ0n) is 13.0. The van der Waals surface area contributed by atoms with E-state index < -0.39 is 0 Å². The van der Waals surface area contributed by atoms with Crippen molar-refractivity contribution in [2.75, 3.05) is 6.61 Å². The number of hydrogen-bond donors (Lipinski definition) is 0. The van der Waals surface area contributed by atoms with E-state index >= 15 is 0 Å². The van der Waals surface area contributed by atoms with E-state index in [-0.39, 0.29) is 0 Å². The Kier molecular flexibility index (Phi) is 4.64. The highest BCUT2D eigenvalue weighted by molar-refractivity contribution is 7.20. The Balaban J connectivity index is 1.81. The molecule has 0 saturated carbocycles. The number of hydrogen-bond acceptors (Lipinski definition) is 2. The van der Waals surface area contributed by atoms with Gasteiger partial charge in [-0.2, -0.15) is 0 Å². The van der Waals surface area contributed by atoms with Gasteiger partial charge in [-0.15, -0.1) is 11.3 Å². The van der Waals surface area contributed by atoms with Gasteiger partial charge in [0.2, 0.25) is 0 Å². The van der Waals surface area contributed by atoms with Gasteiger partial charge in [0, 0.05) is 9.58 Å². The molecule has 21 heavy (non-hydrogen) atoms. The fraction of sp³-hybridized carbons (Fsp3) is 0.474. The van der Waals surface area contributed by atoms with Crippen molar-refractivity contribution in [2.24, 2.45) is 5.92 Å². The molecular weight excluding hydrogens is 276 g/mol. The lowest BCUT2D eigenvalue weighted by molar-refractivity contribution is 0.341. The quantitative estimate of drug-likeness (QED) is 0.631. The summed E-state index contributed by atoms with van der Waals surface area (Å²) >= 11 is 1.91. The van der Waals surface area contributed by atoms with Crippen molar-refractivity contribution in [1.29, 1.82) is 0 Å². The van der Waals surface area contributed by atoms with Crippen molar-refractivity contribution >= 4 is 27.0 Å². The molecule has 0 aliphatic heterocycles. The van der Waals surface area contributed by atoms with E-state index in [0.29, 0.717) is 0 Å². The van der Waals surface area contributed by atoms with Crippen molar-refractivity contribution in [3.8, 4) is 5.75 Å². The average molecular weight is 300 g/mol. The van der Waals surface area contributed by atoms with Crippen LogP contribution in [0.1, 0.15) is 50.8 Å². The molecule has 0 spiro atoms. The van der Waals surface area contributed by atoms with Gasteiger partial charge >= 0.3 is 0 Å². The van der Waals surface area contributed by atoms with Gasteiger partial charge in [-0.05, 0) is 67.3 Å². The van der Waals surface area contributed by atoms with Crippen LogP contribution >= 0.6 is 11.3 Å². The molecule has 1 atom stereocenters. The average Bonchev–Trinajstić information content (AvgIpc) is 2.92. The topological polar surface area (TPSA) is 9.23 Å². The highest BCUT2D eigenvalue weighted by atomic mass is 32.1. The summed E-state index contributed by atoms with van der Waals surface area (Å²) in [6.45, 7) is 5.05. The van der Waals surface area contributed by atoms with Crippen LogP contribution in [-0.4, -0.2) is 6.61 Å². The standard InChI is InChI=1S/C19H24OS/c1-3-5-14-6-8-15(9-7-14)18-12-16-10-11-17(20-4-2)13-19(16)21-18/h8,10-14H,3-7,9H2,1-2H3. The molecule has 112 valence electrons. The van der Waals surface area contributed by atoms with Gasteiger partial charge in [-0.25, -0.2) is 0 Å². The van der Waals surface area contributed by atoms with Crippen LogP contribution < -0.4 is 4.74 Å². The largest absolute Gasteiger partial charge is 0.494 e. The number of thiophene rings is 1. The summed E-state index contributed by atoms with van der Waals surface area (Å²) in [5.41, 5.74) is 1.56. The molecular formula is C19H24OS. The van der Waals surface area contributed by atoms with Gasteiger partial charge in [0.25, 0.3) is 0 Å². The Morgan fingerprint density at radius 1 is 1.24 bits per heavy atom. The summed E-state index contributed by atoms with van der Waals surface area (Å²) in [6, 6.07) is 8.79. The molecule has 1 aliphatic rings. The lowest BCUT2D eigenvalue weighted by Gasteiger charge is -2.20. The van der Waals surface area contributed by atoms with Crippen LogP contribution in [0, 0.1) is 5.92 Å².